The SMILES string of the molecule is N#Cc1cnc(N2CCOC(C(=O)O)C2)c([N+](=O)[O-])c1. The molecule has 2 rings (SSSR count). The number of ether oxygens (including phenoxy) is 1. The molecule has 0 aromatic carbocycles. The Morgan fingerprint density at radius 3 is 3.05 bits per heavy atom. The second-order valence-electron chi connectivity index (χ2n) is 4.08. The van der Waals surface area contributed by atoms with Gasteiger partial charge in [0.05, 0.1) is 23.6 Å². The molecule has 0 aliphatic carbocycles. The average Bonchev–Trinajstić information content (AvgIpc) is 2.46. The van der Waals surface area contributed by atoms with Gasteiger partial charge in [0.25, 0.3) is 0 Å². The number of morpholine rings is 1. The van der Waals surface area contributed by atoms with Crippen molar-refractivity contribution in [1.29, 1.82) is 5.26 Å². The number of hydrogen-bond donors (Lipinski definition) is 1. The minimum Gasteiger partial charge on any atom is -0.479 e. The van der Waals surface area contributed by atoms with Crippen molar-refractivity contribution in [3.05, 3.63) is 27.9 Å². The maximum absolute atomic E-state index is 11.0. The first kappa shape index (κ1) is 13.7. The number of nitro groups is 1. The molecule has 1 aromatic rings. The topological polar surface area (TPSA) is 130 Å². The van der Waals surface area contributed by atoms with Gasteiger partial charge in [0, 0.05) is 18.8 Å². The predicted molar refractivity (Wildman–Crippen MR) is 65.2 cm³/mol. The maximum atomic E-state index is 11.0. The fourth-order valence-corrected chi connectivity index (χ4v) is 1.88. The molecule has 0 bridgehead atoms. The Hall–Kier alpha value is -2.73. The lowest BCUT2D eigenvalue weighted by molar-refractivity contribution is -0.384. The molecule has 1 saturated heterocycles. The highest BCUT2D eigenvalue weighted by molar-refractivity contribution is 5.74. The van der Waals surface area contributed by atoms with Crippen molar-refractivity contribution in [2.75, 3.05) is 24.6 Å². The summed E-state index contributed by atoms with van der Waals surface area (Å²) in [5.74, 6) is -1.09. The monoisotopic (exact) mass is 278 g/mol. The van der Waals surface area contributed by atoms with Crippen molar-refractivity contribution in [2.24, 2.45) is 0 Å². The van der Waals surface area contributed by atoms with Gasteiger partial charge >= 0.3 is 11.7 Å². The van der Waals surface area contributed by atoms with Crippen LogP contribution in [0, 0.1) is 21.4 Å². The molecule has 1 unspecified atom stereocenters. The molecular weight excluding hydrogens is 268 g/mol. The molecular formula is C11H10N4O5. The zero-order valence-electron chi connectivity index (χ0n) is 10.2. The van der Waals surface area contributed by atoms with Crippen LogP contribution in [-0.4, -0.2) is 46.8 Å². The van der Waals surface area contributed by atoms with Crippen LogP contribution in [0.25, 0.3) is 0 Å². The molecule has 9 nitrogen and oxygen atoms in total. The summed E-state index contributed by atoms with van der Waals surface area (Å²) in [6, 6.07) is 2.89. The number of aromatic nitrogens is 1. The van der Waals surface area contributed by atoms with Crippen molar-refractivity contribution < 1.29 is 19.6 Å². The normalized spacial score (nSPS) is 18.4. The van der Waals surface area contributed by atoms with Crippen LogP contribution in [0.4, 0.5) is 11.5 Å². The molecule has 1 aliphatic rings. The standard InChI is InChI=1S/C11H10N4O5/c12-4-7-3-8(15(18)19)10(13-5-7)14-1-2-20-9(6-14)11(16)17/h3,5,9H,1-2,6H2,(H,16,17). The lowest BCUT2D eigenvalue weighted by Gasteiger charge is -2.31. The van der Waals surface area contributed by atoms with Crippen molar-refractivity contribution in [1.82, 2.24) is 4.98 Å². The molecule has 0 spiro atoms. The lowest BCUT2D eigenvalue weighted by Crippen LogP contribution is -2.46. The number of nitriles is 1. The molecule has 1 aliphatic heterocycles. The number of rotatable bonds is 3. The Labute approximate surface area is 113 Å². The molecule has 9 heteroatoms. The Kier molecular flexibility index (Phi) is 3.76. The molecule has 0 saturated carbocycles. The average molecular weight is 278 g/mol. The third-order valence-electron chi connectivity index (χ3n) is 2.81. The van der Waals surface area contributed by atoms with Gasteiger partial charge in [-0.05, 0) is 0 Å². The van der Waals surface area contributed by atoms with E-state index in [1.807, 2.05) is 0 Å². The summed E-state index contributed by atoms with van der Waals surface area (Å²) in [7, 11) is 0. The highest BCUT2D eigenvalue weighted by Gasteiger charge is 2.30. The summed E-state index contributed by atoms with van der Waals surface area (Å²) >= 11 is 0. The first-order chi connectivity index (χ1) is 9.52. The van der Waals surface area contributed by atoms with Crippen LogP contribution in [0.15, 0.2) is 12.3 Å². The second kappa shape index (κ2) is 5.50. The maximum Gasteiger partial charge on any atom is 0.334 e. The van der Waals surface area contributed by atoms with E-state index < -0.39 is 17.0 Å². The number of carboxylic acids is 1. The van der Waals surface area contributed by atoms with Gasteiger partial charge in [-0.1, -0.05) is 0 Å². The van der Waals surface area contributed by atoms with Crippen molar-refractivity contribution in [3.63, 3.8) is 0 Å². The molecule has 1 atom stereocenters. The summed E-state index contributed by atoms with van der Waals surface area (Å²) in [6.07, 6.45) is 0.161. The van der Waals surface area contributed by atoms with Crippen molar-refractivity contribution in [2.45, 2.75) is 6.10 Å². The van der Waals surface area contributed by atoms with Crippen molar-refractivity contribution >= 4 is 17.5 Å². The highest BCUT2D eigenvalue weighted by Crippen LogP contribution is 2.27. The number of pyridine rings is 1. The van der Waals surface area contributed by atoms with Crippen LogP contribution >= 0.6 is 0 Å². The fraction of sp³-hybridized carbons (Fsp3) is 0.364. The Morgan fingerprint density at radius 2 is 2.45 bits per heavy atom. The predicted octanol–water partition coefficient (Wildman–Crippen LogP) is 0.151. The Bertz CT molecular complexity index is 597. The fourth-order valence-electron chi connectivity index (χ4n) is 1.88. The minimum atomic E-state index is -1.13. The van der Waals surface area contributed by atoms with Crippen LogP contribution in [0.3, 0.4) is 0 Å². The Balaban J connectivity index is 2.34. The largest absolute Gasteiger partial charge is 0.479 e. The van der Waals surface area contributed by atoms with E-state index in [1.54, 1.807) is 6.07 Å². The van der Waals surface area contributed by atoms with Gasteiger partial charge in [-0.3, -0.25) is 10.1 Å². The molecule has 1 aromatic heterocycles. The van der Waals surface area contributed by atoms with Crippen molar-refractivity contribution in [3.8, 4) is 6.07 Å². The number of aliphatic carboxylic acids is 1. The molecule has 1 fully saturated rings. The molecule has 104 valence electrons. The summed E-state index contributed by atoms with van der Waals surface area (Å²) in [4.78, 5) is 26.7. The van der Waals surface area contributed by atoms with E-state index in [9.17, 15) is 14.9 Å². The first-order valence-corrected chi connectivity index (χ1v) is 5.67. The number of hydrogen-bond acceptors (Lipinski definition) is 7. The summed E-state index contributed by atoms with van der Waals surface area (Å²) < 4.78 is 5.05. The van der Waals surface area contributed by atoms with E-state index in [0.717, 1.165) is 6.07 Å². The third-order valence-corrected chi connectivity index (χ3v) is 2.81. The van der Waals surface area contributed by atoms with Gasteiger partial charge in [0.1, 0.15) is 6.07 Å². The number of nitrogens with zero attached hydrogens (tertiary/aromatic N) is 4. The molecule has 0 amide bonds. The van der Waals surface area contributed by atoms with Crippen LogP contribution < -0.4 is 4.90 Å². The number of carbonyl (C=O) groups is 1. The lowest BCUT2D eigenvalue weighted by atomic mass is 10.2. The third kappa shape index (κ3) is 2.65. The molecule has 20 heavy (non-hydrogen) atoms. The van der Waals surface area contributed by atoms with Crippen LogP contribution in [0.5, 0.6) is 0 Å². The van der Waals surface area contributed by atoms with Crippen LogP contribution in [-0.2, 0) is 9.53 Å². The van der Waals surface area contributed by atoms with Crippen LogP contribution in [0.2, 0.25) is 0 Å². The van der Waals surface area contributed by atoms with E-state index in [0.29, 0.717) is 6.54 Å². The molecule has 2 heterocycles. The zero-order chi connectivity index (χ0) is 14.7. The zero-order valence-corrected chi connectivity index (χ0v) is 10.2. The summed E-state index contributed by atoms with van der Waals surface area (Å²) in [6.45, 7) is 0.397. The van der Waals surface area contributed by atoms with E-state index in [4.69, 9.17) is 15.1 Å². The summed E-state index contributed by atoms with van der Waals surface area (Å²) in [5.41, 5.74) is -0.251. The number of anilines is 1. The minimum absolute atomic E-state index is 0.0327. The van der Waals surface area contributed by atoms with E-state index in [1.165, 1.54) is 11.1 Å². The second-order valence-corrected chi connectivity index (χ2v) is 4.08. The van der Waals surface area contributed by atoms with Gasteiger partial charge in [0.15, 0.2) is 6.10 Å². The highest BCUT2D eigenvalue weighted by atomic mass is 16.6. The molecule has 0 radical (unpaired) electrons. The molecule has 1 N–H and O–H groups in total. The Morgan fingerprint density at radius 1 is 1.70 bits per heavy atom. The van der Waals surface area contributed by atoms with Gasteiger partial charge in [-0.15, -0.1) is 0 Å². The van der Waals surface area contributed by atoms with Gasteiger partial charge in [0.2, 0.25) is 5.82 Å². The summed E-state index contributed by atoms with van der Waals surface area (Å²) in [5, 5.41) is 28.7. The van der Waals surface area contributed by atoms with E-state index >= 15 is 0 Å². The van der Waals surface area contributed by atoms with Gasteiger partial charge in [-0.2, -0.15) is 5.26 Å². The first-order valence-electron chi connectivity index (χ1n) is 5.67. The number of carboxylic acid groups (broad SMARTS) is 1. The van der Waals surface area contributed by atoms with Crippen LogP contribution in [0.1, 0.15) is 5.56 Å². The smallest absolute Gasteiger partial charge is 0.334 e. The quantitative estimate of drug-likeness (QED) is 0.610. The van der Waals surface area contributed by atoms with E-state index in [2.05, 4.69) is 4.98 Å². The van der Waals surface area contributed by atoms with Gasteiger partial charge < -0.3 is 14.7 Å². The van der Waals surface area contributed by atoms with Gasteiger partial charge in [-0.25, -0.2) is 9.78 Å². The van der Waals surface area contributed by atoms with E-state index in [-0.39, 0.29) is 30.2 Å².